The first-order valence-electron chi connectivity index (χ1n) is 12.7. The third-order valence-electron chi connectivity index (χ3n) is 8.13. The van der Waals surface area contributed by atoms with E-state index in [-0.39, 0.29) is 0 Å². The number of rotatable bonds is 4. The highest BCUT2D eigenvalue weighted by Crippen LogP contribution is 2.38. The minimum atomic E-state index is 1.09. The summed E-state index contributed by atoms with van der Waals surface area (Å²) in [4.78, 5) is 0. The standard InChI is InChI=1S/C35H24/c1(4-22-10-12-28-16-14-24-6-2-8-26-18-20-30(22)34(28)32(24)26)5-23-11-13-29-17-15-25-7-3-9-27-19-21-31(23)35(29)33(25)27/h2-3,6-21H,1,4-5H2. The largest absolute Gasteiger partial charge is 0.0610 e. The van der Waals surface area contributed by atoms with Crippen LogP contribution in [0.5, 0.6) is 0 Å². The number of hydrogen-bond acceptors (Lipinski definition) is 0. The van der Waals surface area contributed by atoms with Gasteiger partial charge in [-0.25, -0.2) is 0 Å². The zero-order valence-corrected chi connectivity index (χ0v) is 19.5. The van der Waals surface area contributed by atoms with Crippen LogP contribution in [0.25, 0.3) is 64.6 Å². The summed E-state index contributed by atoms with van der Waals surface area (Å²) < 4.78 is 0. The lowest BCUT2D eigenvalue weighted by molar-refractivity contribution is 0.830. The molecule has 0 fully saturated rings. The van der Waals surface area contributed by atoms with E-state index in [2.05, 4.69) is 109 Å². The molecule has 0 heteroatoms. The molecule has 0 nitrogen and oxygen atoms in total. The van der Waals surface area contributed by atoms with Gasteiger partial charge in [-0.05, 0) is 95.0 Å². The van der Waals surface area contributed by atoms with Crippen molar-refractivity contribution < 1.29 is 0 Å². The Labute approximate surface area is 204 Å². The van der Waals surface area contributed by atoms with Crippen molar-refractivity contribution in [2.45, 2.75) is 19.3 Å². The Bertz CT molecular complexity index is 1850. The second-order valence-electron chi connectivity index (χ2n) is 10.0. The Morgan fingerprint density at radius 2 is 0.657 bits per heavy atom. The first kappa shape index (κ1) is 19.2. The van der Waals surface area contributed by atoms with E-state index in [4.69, 9.17) is 0 Å². The van der Waals surface area contributed by atoms with E-state index in [1.165, 1.54) is 75.8 Å². The van der Waals surface area contributed by atoms with Gasteiger partial charge in [0.2, 0.25) is 0 Å². The summed E-state index contributed by atoms with van der Waals surface area (Å²) in [6.45, 7) is 0. The predicted molar refractivity (Wildman–Crippen MR) is 152 cm³/mol. The maximum atomic E-state index is 2.35. The molecule has 8 rings (SSSR count). The molecule has 0 aliphatic heterocycles. The van der Waals surface area contributed by atoms with E-state index in [0.717, 1.165) is 19.3 Å². The van der Waals surface area contributed by atoms with Crippen LogP contribution in [0.3, 0.4) is 0 Å². The van der Waals surface area contributed by atoms with Crippen LogP contribution >= 0.6 is 0 Å². The summed E-state index contributed by atoms with van der Waals surface area (Å²) in [5.41, 5.74) is 2.93. The fourth-order valence-electron chi connectivity index (χ4n) is 6.50. The fraction of sp³-hybridized carbons (Fsp3) is 0.0857. The Kier molecular flexibility index (Phi) is 3.93. The molecule has 0 saturated heterocycles. The molecule has 0 amide bonds. The summed E-state index contributed by atoms with van der Waals surface area (Å²) in [6, 6.07) is 41.0. The normalized spacial score (nSPS) is 12.3. The molecule has 0 heterocycles. The lowest BCUT2D eigenvalue weighted by atomic mass is 9.89. The smallest absolute Gasteiger partial charge is 0.00240 e. The highest BCUT2D eigenvalue weighted by Gasteiger charge is 2.13. The van der Waals surface area contributed by atoms with Crippen LogP contribution in [-0.2, 0) is 12.8 Å². The van der Waals surface area contributed by atoms with Gasteiger partial charge in [0.25, 0.3) is 0 Å². The van der Waals surface area contributed by atoms with Gasteiger partial charge < -0.3 is 0 Å². The minimum absolute atomic E-state index is 1.09. The molecule has 164 valence electrons. The van der Waals surface area contributed by atoms with Crippen molar-refractivity contribution in [1.29, 1.82) is 0 Å². The third kappa shape index (κ3) is 2.74. The molecule has 0 N–H and O–H groups in total. The average molecular weight is 445 g/mol. The molecule has 0 bridgehead atoms. The first-order chi connectivity index (χ1) is 17.3. The monoisotopic (exact) mass is 444 g/mol. The van der Waals surface area contributed by atoms with Crippen molar-refractivity contribution in [2.75, 3.05) is 0 Å². The van der Waals surface area contributed by atoms with Crippen molar-refractivity contribution in [3.63, 3.8) is 0 Å². The van der Waals surface area contributed by atoms with Crippen LogP contribution in [0.15, 0.2) is 109 Å². The van der Waals surface area contributed by atoms with Gasteiger partial charge in [-0.3, -0.25) is 0 Å². The lowest BCUT2D eigenvalue weighted by Crippen LogP contribution is -1.95. The number of hydrogen-bond donors (Lipinski definition) is 0. The molecule has 0 saturated carbocycles. The van der Waals surface area contributed by atoms with Crippen molar-refractivity contribution >= 4 is 64.6 Å². The molecule has 0 spiro atoms. The van der Waals surface area contributed by atoms with Crippen molar-refractivity contribution in [2.24, 2.45) is 0 Å². The highest BCUT2D eigenvalue weighted by molar-refractivity contribution is 6.24. The Morgan fingerprint density at radius 1 is 0.314 bits per heavy atom. The van der Waals surface area contributed by atoms with Gasteiger partial charge in [0.1, 0.15) is 0 Å². The molecular formula is C35H24. The first-order valence-corrected chi connectivity index (χ1v) is 12.7. The molecule has 0 atom stereocenters. The van der Waals surface area contributed by atoms with Crippen LogP contribution in [0.1, 0.15) is 17.5 Å². The fourth-order valence-corrected chi connectivity index (χ4v) is 6.50. The molecule has 0 unspecified atom stereocenters. The molecule has 0 radical (unpaired) electrons. The second kappa shape index (κ2) is 7.17. The summed E-state index contributed by atoms with van der Waals surface area (Å²) >= 11 is 0. The van der Waals surface area contributed by atoms with Crippen molar-refractivity contribution in [3.05, 3.63) is 120 Å². The Hall–Kier alpha value is -4.16. The van der Waals surface area contributed by atoms with Gasteiger partial charge in [0.05, 0.1) is 0 Å². The summed E-state index contributed by atoms with van der Waals surface area (Å²) in [7, 11) is 0. The average Bonchev–Trinajstić information content (AvgIpc) is 2.91. The molecular weight excluding hydrogens is 420 g/mol. The van der Waals surface area contributed by atoms with Crippen molar-refractivity contribution in [1.82, 2.24) is 0 Å². The van der Waals surface area contributed by atoms with Crippen LogP contribution in [0, 0.1) is 0 Å². The molecule has 0 aliphatic carbocycles. The Morgan fingerprint density at radius 3 is 1.09 bits per heavy atom. The summed E-state index contributed by atoms with van der Waals surface area (Å²) in [5.74, 6) is 0. The van der Waals surface area contributed by atoms with Crippen LogP contribution < -0.4 is 0 Å². The summed E-state index contributed by atoms with van der Waals surface area (Å²) in [5, 5.41) is 16.6. The van der Waals surface area contributed by atoms with Crippen LogP contribution in [0.4, 0.5) is 0 Å². The zero-order chi connectivity index (χ0) is 22.9. The maximum absolute atomic E-state index is 2.35. The van der Waals surface area contributed by atoms with Gasteiger partial charge in [-0.15, -0.1) is 0 Å². The van der Waals surface area contributed by atoms with Crippen molar-refractivity contribution in [3.8, 4) is 0 Å². The van der Waals surface area contributed by atoms with Gasteiger partial charge in [-0.1, -0.05) is 109 Å². The third-order valence-corrected chi connectivity index (χ3v) is 8.13. The zero-order valence-electron chi connectivity index (χ0n) is 19.5. The van der Waals surface area contributed by atoms with E-state index >= 15 is 0 Å². The van der Waals surface area contributed by atoms with Crippen LogP contribution in [0.2, 0.25) is 0 Å². The molecule has 35 heavy (non-hydrogen) atoms. The van der Waals surface area contributed by atoms with E-state index < -0.39 is 0 Å². The maximum Gasteiger partial charge on any atom is -0.00240 e. The topological polar surface area (TPSA) is 0 Å². The number of benzene rings is 8. The summed E-state index contributed by atoms with van der Waals surface area (Å²) in [6.07, 6.45) is 3.33. The van der Waals surface area contributed by atoms with Gasteiger partial charge in [-0.2, -0.15) is 0 Å². The van der Waals surface area contributed by atoms with E-state index in [0.29, 0.717) is 0 Å². The Balaban J connectivity index is 1.19. The second-order valence-corrected chi connectivity index (χ2v) is 10.0. The number of aryl methyl sites for hydroxylation is 2. The molecule has 0 aromatic heterocycles. The van der Waals surface area contributed by atoms with E-state index in [1.807, 2.05) is 0 Å². The predicted octanol–water partition coefficient (Wildman–Crippen LogP) is 9.66. The minimum Gasteiger partial charge on any atom is -0.0610 e. The van der Waals surface area contributed by atoms with E-state index in [9.17, 15) is 0 Å². The highest BCUT2D eigenvalue weighted by atomic mass is 14.2. The lowest BCUT2D eigenvalue weighted by Gasteiger charge is -2.15. The van der Waals surface area contributed by atoms with Gasteiger partial charge in [0.15, 0.2) is 0 Å². The van der Waals surface area contributed by atoms with Gasteiger partial charge in [0, 0.05) is 0 Å². The van der Waals surface area contributed by atoms with Crippen LogP contribution in [-0.4, -0.2) is 0 Å². The molecule has 8 aromatic rings. The quantitative estimate of drug-likeness (QED) is 0.237. The van der Waals surface area contributed by atoms with E-state index in [1.54, 1.807) is 0 Å². The molecule has 8 aromatic carbocycles. The molecule has 0 aliphatic rings. The SMILES string of the molecule is c1cc2ccc3ccc(CCCc4ccc5ccc6cccc7ccc4c5c67)c4ccc(c1)c2c34. The van der Waals surface area contributed by atoms with Gasteiger partial charge >= 0.3 is 0 Å².